The lowest BCUT2D eigenvalue weighted by molar-refractivity contribution is 0.0977. The zero-order chi connectivity index (χ0) is 21.7. The van der Waals surface area contributed by atoms with Crippen molar-refractivity contribution in [3.8, 4) is 28.5 Å². The number of thiazole rings is 1. The first-order chi connectivity index (χ1) is 14.4. The van der Waals surface area contributed by atoms with E-state index in [0.717, 1.165) is 11.3 Å². The predicted octanol–water partition coefficient (Wildman–Crippen LogP) is 4.27. The van der Waals surface area contributed by atoms with E-state index < -0.39 is 5.91 Å². The van der Waals surface area contributed by atoms with Crippen LogP contribution in [-0.2, 0) is 0 Å². The molecule has 0 radical (unpaired) electrons. The number of anilines is 1. The Morgan fingerprint density at radius 1 is 1.03 bits per heavy atom. The van der Waals surface area contributed by atoms with Crippen molar-refractivity contribution >= 4 is 39.7 Å². The van der Waals surface area contributed by atoms with Crippen LogP contribution >= 0.6 is 23.6 Å². The first-order valence-corrected chi connectivity index (χ1v) is 10.2. The van der Waals surface area contributed by atoms with E-state index in [0.29, 0.717) is 27.9 Å². The quantitative estimate of drug-likeness (QED) is 0.551. The van der Waals surface area contributed by atoms with Gasteiger partial charge in [0.1, 0.15) is 0 Å². The van der Waals surface area contributed by atoms with Gasteiger partial charge in [-0.05, 0) is 31.3 Å². The smallest absolute Gasteiger partial charge is 0.257 e. The maximum atomic E-state index is 12.6. The summed E-state index contributed by atoms with van der Waals surface area (Å²) in [6.45, 7) is 2.03. The molecule has 0 saturated heterocycles. The second kappa shape index (κ2) is 9.55. The number of thiocarbonyl (C=S) groups is 1. The number of nitrogens with one attached hydrogen (secondary N) is 2. The Balaban J connectivity index is 1.69. The summed E-state index contributed by atoms with van der Waals surface area (Å²) in [7, 11) is 4.47. The highest BCUT2D eigenvalue weighted by molar-refractivity contribution is 7.80. The molecule has 0 atom stereocenters. The molecule has 2 aromatic carbocycles. The number of methoxy groups -OCH3 is 3. The highest BCUT2D eigenvalue weighted by Gasteiger charge is 2.18. The molecule has 0 unspecified atom stereocenters. The molecule has 0 bridgehead atoms. The van der Waals surface area contributed by atoms with Crippen LogP contribution in [-0.4, -0.2) is 37.3 Å². The van der Waals surface area contributed by atoms with Gasteiger partial charge in [-0.1, -0.05) is 29.8 Å². The van der Waals surface area contributed by atoms with Gasteiger partial charge in [-0.25, -0.2) is 4.98 Å². The summed E-state index contributed by atoms with van der Waals surface area (Å²) < 4.78 is 15.8. The molecule has 1 aromatic heterocycles. The molecule has 30 heavy (non-hydrogen) atoms. The number of hydrogen-bond acceptors (Lipinski definition) is 7. The van der Waals surface area contributed by atoms with Gasteiger partial charge >= 0.3 is 0 Å². The fourth-order valence-corrected chi connectivity index (χ4v) is 3.68. The molecule has 1 amide bonds. The van der Waals surface area contributed by atoms with Gasteiger partial charge in [-0.2, -0.15) is 0 Å². The summed E-state index contributed by atoms with van der Waals surface area (Å²) in [5.74, 6) is 0.748. The van der Waals surface area contributed by atoms with Gasteiger partial charge in [-0.15, -0.1) is 11.3 Å². The second-order valence-corrected chi connectivity index (χ2v) is 7.49. The molecule has 156 valence electrons. The molecule has 9 heteroatoms. The van der Waals surface area contributed by atoms with Crippen molar-refractivity contribution < 1.29 is 19.0 Å². The van der Waals surface area contributed by atoms with Crippen molar-refractivity contribution in [2.24, 2.45) is 0 Å². The monoisotopic (exact) mass is 443 g/mol. The molecule has 0 fully saturated rings. The fourth-order valence-electron chi connectivity index (χ4n) is 2.70. The Morgan fingerprint density at radius 3 is 2.23 bits per heavy atom. The van der Waals surface area contributed by atoms with E-state index in [-0.39, 0.29) is 5.11 Å². The highest BCUT2D eigenvalue weighted by atomic mass is 32.1. The number of hydrogen-bond donors (Lipinski definition) is 2. The summed E-state index contributed by atoms with van der Waals surface area (Å²) in [6, 6.07) is 11.2. The summed E-state index contributed by atoms with van der Waals surface area (Å²) >= 11 is 6.66. The molecule has 0 aliphatic rings. The number of amides is 1. The SMILES string of the molecule is COc1cc(C(=O)NC(=S)Nc2nc(-c3ccc(C)cc3)cs2)cc(OC)c1OC. The molecule has 0 aliphatic carbocycles. The number of aryl methyl sites for hydroxylation is 1. The summed E-state index contributed by atoms with van der Waals surface area (Å²) in [5.41, 5.74) is 3.34. The first kappa shape index (κ1) is 21.5. The van der Waals surface area contributed by atoms with Crippen LogP contribution in [0.2, 0.25) is 0 Å². The van der Waals surface area contributed by atoms with Crippen LogP contribution in [0.4, 0.5) is 5.13 Å². The Labute approximate surface area is 184 Å². The minimum Gasteiger partial charge on any atom is -0.493 e. The van der Waals surface area contributed by atoms with Gasteiger partial charge in [-0.3, -0.25) is 10.1 Å². The number of carbonyl (C=O) groups is 1. The Morgan fingerprint density at radius 2 is 1.67 bits per heavy atom. The van der Waals surface area contributed by atoms with Crippen molar-refractivity contribution in [2.75, 3.05) is 26.6 Å². The van der Waals surface area contributed by atoms with E-state index in [1.54, 1.807) is 12.1 Å². The van der Waals surface area contributed by atoms with Crippen molar-refractivity contribution in [1.82, 2.24) is 10.3 Å². The first-order valence-electron chi connectivity index (χ1n) is 8.90. The third-order valence-corrected chi connectivity index (χ3v) is 5.19. The molecule has 3 aromatic rings. The minimum absolute atomic E-state index is 0.138. The van der Waals surface area contributed by atoms with Gasteiger partial charge in [0.15, 0.2) is 21.7 Å². The second-order valence-electron chi connectivity index (χ2n) is 6.23. The number of carbonyl (C=O) groups excluding carboxylic acids is 1. The van der Waals surface area contributed by atoms with Crippen molar-refractivity contribution in [1.29, 1.82) is 0 Å². The largest absolute Gasteiger partial charge is 0.493 e. The van der Waals surface area contributed by atoms with Gasteiger partial charge in [0.2, 0.25) is 5.75 Å². The molecule has 1 heterocycles. The van der Waals surface area contributed by atoms with Crippen molar-refractivity contribution in [3.05, 3.63) is 52.9 Å². The highest BCUT2D eigenvalue weighted by Crippen LogP contribution is 2.38. The van der Waals surface area contributed by atoms with Gasteiger partial charge in [0.25, 0.3) is 5.91 Å². The molecule has 0 spiro atoms. The lowest BCUT2D eigenvalue weighted by Crippen LogP contribution is -2.34. The number of benzene rings is 2. The van der Waals surface area contributed by atoms with Crippen LogP contribution in [0.25, 0.3) is 11.3 Å². The molecular formula is C21H21N3O4S2. The van der Waals surface area contributed by atoms with E-state index >= 15 is 0 Å². The maximum absolute atomic E-state index is 12.6. The number of rotatable bonds is 6. The minimum atomic E-state index is -0.415. The van der Waals surface area contributed by atoms with E-state index in [4.69, 9.17) is 26.4 Å². The predicted molar refractivity (Wildman–Crippen MR) is 122 cm³/mol. The van der Waals surface area contributed by atoms with Crippen LogP contribution in [0.15, 0.2) is 41.8 Å². The normalized spacial score (nSPS) is 10.3. The number of ether oxygens (including phenoxy) is 3. The van der Waals surface area contributed by atoms with Crippen LogP contribution in [0.1, 0.15) is 15.9 Å². The van der Waals surface area contributed by atoms with Crippen LogP contribution in [0, 0.1) is 6.92 Å². The summed E-state index contributed by atoms with van der Waals surface area (Å²) in [5, 5.41) is 8.23. The van der Waals surface area contributed by atoms with Crippen LogP contribution < -0.4 is 24.8 Å². The molecule has 0 saturated carbocycles. The summed E-state index contributed by atoms with van der Waals surface area (Å²) in [4.78, 5) is 17.2. The maximum Gasteiger partial charge on any atom is 0.257 e. The lowest BCUT2D eigenvalue weighted by atomic mass is 10.1. The fraction of sp³-hybridized carbons (Fsp3) is 0.190. The topological polar surface area (TPSA) is 81.7 Å². The average Bonchev–Trinajstić information content (AvgIpc) is 3.21. The Kier molecular flexibility index (Phi) is 6.86. The summed E-state index contributed by atoms with van der Waals surface area (Å²) in [6.07, 6.45) is 0. The van der Waals surface area contributed by atoms with E-state index in [1.807, 2.05) is 36.6 Å². The third-order valence-electron chi connectivity index (χ3n) is 4.23. The average molecular weight is 444 g/mol. The Hall–Kier alpha value is -3.17. The van der Waals surface area contributed by atoms with Gasteiger partial charge < -0.3 is 19.5 Å². The van der Waals surface area contributed by atoms with E-state index in [9.17, 15) is 4.79 Å². The van der Waals surface area contributed by atoms with E-state index in [2.05, 4.69) is 15.6 Å². The number of aromatic nitrogens is 1. The Bertz CT molecular complexity index is 1040. The van der Waals surface area contributed by atoms with E-state index in [1.165, 1.54) is 38.2 Å². The third kappa shape index (κ3) is 4.87. The van der Waals surface area contributed by atoms with Crippen molar-refractivity contribution in [2.45, 2.75) is 6.92 Å². The molecule has 2 N–H and O–H groups in total. The number of nitrogens with zero attached hydrogens (tertiary/aromatic N) is 1. The standard InChI is InChI=1S/C21H21N3O4S2/c1-12-5-7-13(8-6-12)15-11-30-21(22-15)24-20(29)23-19(25)14-9-16(26-2)18(28-4)17(10-14)27-3/h5-11H,1-4H3,(H2,22,23,24,25,29). The zero-order valence-electron chi connectivity index (χ0n) is 16.9. The molecule has 0 aliphatic heterocycles. The van der Waals surface area contributed by atoms with Gasteiger partial charge in [0, 0.05) is 16.5 Å². The van der Waals surface area contributed by atoms with Crippen molar-refractivity contribution in [3.63, 3.8) is 0 Å². The molecular weight excluding hydrogens is 422 g/mol. The zero-order valence-corrected chi connectivity index (χ0v) is 18.6. The van der Waals surface area contributed by atoms with Gasteiger partial charge in [0.05, 0.1) is 27.0 Å². The van der Waals surface area contributed by atoms with Crippen LogP contribution in [0.5, 0.6) is 17.2 Å². The lowest BCUT2D eigenvalue weighted by Gasteiger charge is -2.14. The molecule has 3 rings (SSSR count). The van der Waals surface area contributed by atoms with Crippen LogP contribution in [0.3, 0.4) is 0 Å². The molecule has 7 nitrogen and oxygen atoms in total.